The highest BCUT2D eigenvalue weighted by molar-refractivity contribution is 5.81. The Bertz CT molecular complexity index is 379. The molecule has 2 rings (SSSR count). The highest BCUT2D eigenvalue weighted by Crippen LogP contribution is 2.15. The van der Waals surface area contributed by atoms with Crippen LogP contribution >= 0.6 is 0 Å². The first-order chi connectivity index (χ1) is 11.2. The lowest BCUT2D eigenvalue weighted by atomic mass is 10.2. The van der Waals surface area contributed by atoms with Crippen LogP contribution in [0.5, 0.6) is 0 Å². The van der Waals surface area contributed by atoms with Crippen LogP contribution in [0.4, 0.5) is 0 Å². The number of carbonyl (C=O) groups excluding carboxylic acids is 2. The molecule has 0 aromatic carbocycles. The van der Waals surface area contributed by atoms with Gasteiger partial charge in [-0.25, -0.2) is 0 Å². The van der Waals surface area contributed by atoms with E-state index >= 15 is 0 Å². The van der Waals surface area contributed by atoms with Gasteiger partial charge in [-0.2, -0.15) is 0 Å². The summed E-state index contributed by atoms with van der Waals surface area (Å²) in [6.45, 7) is 7.85. The van der Waals surface area contributed by atoms with E-state index in [9.17, 15) is 9.59 Å². The van der Waals surface area contributed by atoms with Crippen LogP contribution in [0, 0.1) is 0 Å². The van der Waals surface area contributed by atoms with Crippen molar-refractivity contribution in [3.63, 3.8) is 0 Å². The van der Waals surface area contributed by atoms with Gasteiger partial charge in [-0.1, -0.05) is 0 Å². The molecule has 2 aliphatic rings. The standard InChI is InChI=1S/C16H28N2O5/c1-2-22-15(19)5-6-18(16(20)14-4-3-11-23-14)8-7-17-9-12-21-13-10-17/h14H,2-13H2,1H3. The summed E-state index contributed by atoms with van der Waals surface area (Å²) in [5, 5.41) is 0. The zero-order valence-electron chi connectivity index (χ0n) is 14.0. The maximum absolute atomic E-state index is 12.6. The SMILES string of the molecule is CCOC(=O)CCN(CCN1CCOCC1)C(=O)C1CCCO1. The minimum Gasteiger partial charge on any atom is -0.466 e. The Kier molecular flexibility index (Phi) is 7.78. The molecule has 1 amide bonds. The van der Waals surface area contributed by atoms with Crippen molar-refractivity contribution in [3.05, 3.63) is 0 Å². The normalized spacial score (nSPS) is 22.0. The molecule has 23 heavy (non-hydrogen) atoms. The molecule has 0 N–H and O–H groups in total. The highest BCUT2D eigenvalue weighted by Gasteiger charge is 2.28. The first-order valence-corrected chi connectivity index (χ1v) is 8.57. The Labute approximate surface area is 137 Å². The van der Waals surface area contributed by atoms with Gasteiger partial charge in [0.05, 0.1) is 26.2 Å². The summed E-state index contributed by atoms with van der Waals surface area (Å²) in [6.07, 6.45) is 1.58. The van der Waals surface area contributed by atoms with Crippen molar-refractivity contribution in [2.75, 3.05) is 59.2 Å². The van der Waals surface area contributed by atoms with Gasteiger partial charge in [0.25, 0.3) is 5.91 Å². The minimum atomic E-state index is -0.345. The number of morpholine rings is 1. The Morgan fingerprint density at radius 2 is 2.00 bits per heavy atom. The van der Waals surface area contributed by atoms with Gasteiger partial charge in [0.1, 0.15) is 6.10 Å². The van der Waals surface area contributed by atoms with Crippen LogP contribution in [0.3, 0.4) is 0 Å². The monoisotopic (exact) mass is 328 g/mol. The average Bonchev–Trinajstić information content (AvgIpc) is 3.10. The summed E-state index contributed by atoms with van der Waals surface area (Å²) in [4.78, 5) is 28.2. The molecular weight excluding hydrogens is 300 g/mol. The molecular formula is C16H28N2O5. The topological polar surface area (TPSA) is 68.3 Å². The lowest BCUT2D eigenvalue weighted by Crippen LogP contribution is -2.46. The summed E-state index contributed by atoms with van der Waals surface area (Å²) >= 11 is 0. The van der Waals surface area contributed by atoms with E-state index in [0.29, 0.717) is 26.3 Å². The van der Waals surface area contributed by atoms with Gasteiger partial charge in [-0.3, -0.25) is 14.5 Å². The molecule has 0 aromatic heterocycles. The van der Waals surface area contributed by atoms with Crippen LogP contribution in [0.2, 0.25) is 0 Å². The minimum absolute atomic E-state index is 0.0000536. The van der Waals surface area contributed by atoms with Gasteiger partial charge >= 0.3 is 5.97 Å². The van der Waals surface area contributed by atoms with Gasteiger partial charge in [0.15, 0.2) is 0 Å². The van der Waals surface area contributed by atoms with Crippen LogP contribution in [0.1, 0.15) is 26.2 Å². The fraction of sp³-hybridized carbons (Fsp3) is 0.875. The number of hydrogen-bond donors (Lipinski definition) is 0. The molecule has 2 heterocycles. The van der Waals surface area contributed by atoms with Crippen LogP contribution in [-0.4, -0.2) is 86.9 Å². The van der Waals surface area contributed by atoms with E-state index in [4.69, 9.17) is 14.2 Å². The largest absolute Gasteiger partial charge is 0.466 e. The molecule has 2 fully saturated rings. The number of ether oxygens (including phenoxy) is 3. The molecule has 2 aliphatic heterocycles. The molecule has 0 spiro atoms. The third kappa shape index (κ3) is 6.08. The van der Waals surface area contributed by atoms with E-state index in [1.165, 1.54) is 0 Å². The van der Waals surface area contributed by atoms with Gasteiger partial charge < -0.3 is 19.1 Å². The number of carbonyl (C=O) groups is 2. The van der Waals surface area contributed by atoms with E-state index in [1.54, 1.807) is 11.8 Å². The van der Waals surface area contributed by atoms with Crippen LogP contribution in [-0.2, 0) is 23.8 Å². The van der Waals surface area contributed by atoms with E-state index < -0.39 is 0 Å². The lowest BCUT2D eigenvalue weighted by Gasteiger charge is -2.31. The highest BCUT2D eigenvalue weighted by atomic mass is 16.5. The quantitative estimate of drug-likeness (QED) is 0.596. The summed E-state index contributed by atoms with van der Waals surface area (Å²) in [5.74, 6) is -0.260. The van der Waals surface area contributed by atoms with Gasteiger partial charge in [0, 0.05) is 39.3 Å². The Hall–Kier alpha value is -1.18. The molecule has 1 unspecified atom stereocenters. The zero-order chi connectivity index (χ0) is 16.5. The second-order valence-corrected chi connectivity index (χ2v) is 5.84. The first kappa shape index (κ1) is 18.2. The maximum Gasteiger partial charge on any atom is 0.307 e. The predicted molar refractivity (Wildman–Crippen MR) is 84.1 cm³/mol. The van der Waals surface area contributed by atoms with Crippen molar-refractivity contribution in [2.24, 2.45) is 0 Å². The Morgan fingerprint density at radius 1 is 1.22 bits per heavy atom. The summed E-state index contributed by atoms with van der Waals surface area (Å²) in [6, 6.07) is 0. The molecule has 0 aliphatic carbocycles. The number of hydrogen-bond acceptors (Lipinski definition) is 6. The van der Waals surface area contributed by atoms with Crippen molar-refractivity contribution in [2.45, 2.75) is 32.3 Å². The van der Waals surface area contributed by atoms with Crippen LogP contribution < -0.4 is 0 Å². The predicted octanol–water partition coefficient (Wildman–Crippen LogP) is 0.279. The third-order valence-corrected chi connectivity index (χ3v) is 4.20. The Balaban J connectivity index is 1.84. The zero-order valence-corrected chi connectivity index (χ0v) is 14.0. The molecule has 7 heteroatoms. The number of amides is 1. The number of esters is 1. The second-order valence-electron chi connectivity index (χ2n) is 5.84. The van der Waals surface area contributed by atoms with E-state index in [2.05, 4.69) is 4.90 Å². The summed E-state index contributed by atoms with van der Waals surface area (Å²) in [7, 11) is 0. The third-order valence-electron chi connectivity index (χ3n) is 4.20. The molecule has 0 radical (unpaired) electrons. The van der Waals surface area contributed by atoms with Crippen molar-refractivity contribution in [1.29, 1.82) is 0 Å². The maximum atomic E-state index is 12.6. The number of rotatable bonds is 8. The summed E-state index contributed by atoms with van der Waals surface area (Å²) in [5.41, 5.74) is 0. The first-order valence-electron chi connectivity index (χ1n) is 8.57. The van der Waals surface area contributed by atoms with Gasteiger partial charge in [-0.05, 0) is 19.8 Å². The van der Waals surface area contributed by atoms with E-state index in [1.807, 2.05) is 0 Å². The van der Waals surface area contributed by atoms with E-state index in [0.717, 1.165) is 45.7 Å². The second kappa shape index (κ2) is 9.85. The van der Waals surface area contributed by atoms with Gasteiger partial charge in [-0.15, -0.1) is 0 Å². The fourth-order valence-electron chi connectivity index (χ4n) is 2.85. The van der Waals surface area contributed by atoms with Crippen molar-refractivity contribution < 1.29 is 23.8 Å². The van der Waals surface area contributed by atoms with Crippen molar-refractivity contribution in [1.82, 2.24) is 9.80 Å². The lowest BCUT2D eigenvalue weighted by molar-refractivity contribution is -0.146. The average molecular weight is 328 g/mol. The smallest absolute Gasteiger partial charge is 0.307 e. The summed E-state index contributed by atoms with van der Waals surface area (Å²) < 4.78 is 15.8. The molecule has 7 nitrogen and oxygen atoms in total. The van der Waals surface area contributed by atoms with E-state index in [-0.39, 0.29) is 24.4 Å². The van der Waals surface area contributed by atoms with Gasteiger partial charge in [0.2, 0.25) is 0 Å². The molecule has 0 bridgehead atoms. The number of nitrogens with zero attached hydrogens (tertiary/aromatic N) is 2. The van der Waals surface area contributed by atoms with Crippen LogP contribution in [0.15, 0.2) is 0 Å². The van der Waals surface area contributed by atoms with Crippen LogP contribution in [0.25, 0.3) is 0 Å². The molecule has 132 valence electrons. The molecule has 2 saturated heterocycles. The molecule has 0 aromatic rings. The van der Waals surface area contributed by atoms with Crippen molar-refractivity contribution >= 4 is 11.9 Å². The Morgan fingerprint density at radius 3 is 2.65 bits per heavy atom. The fourth-order valence-corrected chi connectivity index (χ4v) is 2.85. The van der Waals surface area contributed by atoms with Crippen molar-refractivity contribution in [3.8, 4) is 0 Å². The molecule has 0 saturated carbocycles. The molecule has 1 atom stereocenters.